The lowest BCUT2D eigenvalue weighted by Gasteiger charge is -2.54. The van der Waals surface area contributed by atoms with E-state index in [1.54, 1.807) is 0 Å². The summed E-state index contributed by atoms with van der Waals surface area (Å²) in [5, 5.41) is 0.210. The maximum Gasteiger partial charge on any atom is 0.230 e. The van der Waals surface area contributed by atoms with Crippen molar-refractivity contribution in [2.75, 3.05) is 0 Å². The van der Waals surface area contributed by atoms with Gasteiger partial charge in [-0.25, -0.2) is 0 Å². The molecule has 2 nitrogen and oxygen atoms in total. The van der Waals surface area contributed by atoms with Gasteiger partial charge in [0.05, 0.1) is 6.10 Å². The first kappa shape index (κ1) is 10.2. The van der Waals surface area contributed by atoms with Crippen molar-refractivity contribution in [3.63, 3.8) is 0 Å². The van der Waals surface area contributed by atoms with E-state index in [4.69, 9.17) is 4.74 Å². The fraction of sp³-hybridized carbons (Fsp3) is 0.500. The summed E-state index contributed by atoms with van der Waals surface area (Å²) in [6.07, 6.45) is 5.10. The molecule has 3 atom stereocenters. The zero-order valence-corrected chi connectivity index (χ0v) is 10.3. The van der Waals surface area contributed by atoms with E-state index < -0.39 is 5.60 Å². The Morgan fingerprint density at radius 1 is 1.24 bits per heavy atom. The topological polar surface area (TPSA) is 26.3 Å². The number of fused-ring (bicyclic) bond motifs is 4. The molecule has 0 aromatic heterocycles. The molecular formula is C14H14O2S. The molecule has 4 rings (SSSR count). The van der Waals surface area contributed by atoms with Gasteiger partial charge in [-0.2, -0.15) is 0 Å². The van der Waals surface area contributed by atoms with Crippen molar-refractivity contribution in [3.05, 3.63) is 29.8 Å². The quantitative estimate of drug-likeness (QED) is 0.703. The van der Waals surface area contributed by atoms with Crippen LogP contribution in [-0.4, -0.2) is 11.2 Å². The molecule has 3 aliphatic rings. The highest BCUT2D eigenvalue weighted by Gasteiger charge is 2.64. The van der Waals surface area contributed by atoms with Crippen molar-refractivity contribution in [2.45, 2.75) is 42.3 Å². The Bertz CT molecular complexity index is 499. The van der Waals surface area contributed by atoms with E-state index in [1.807, 2.05) is 18.2 Å². The molecule has 0 radical (unpaired) electrons. The fourth-order valence-corrected chi connectivity index (χ4v) is 4.70. The van der Waals surface area contributed by atoms with E-state index in [0.29, 0.717) is 12.0 Å². The van der Waals surface area contributed by atoms with Crippen molar-refractivity contribution in [2.24, 2.45) is 5.92 Å². The van der Waals surface area contributed by atoms with Crippen LogP contribution in [0.25, 0.3) is 0 Å². The van der Waals surface area contributed by atoms with Crippen LogP contribution in [0.2, 0.25) is 0 Å². The number of ether oxygens (including phenoxy) is 1. The maximum absolute atomic E-state index is 12.3. The van der Waals surface area contributed by atoms with Crippen molar-refractivity contribution >= 4 is 16.9 Å². The minimum absolute atomic E-state index is 0.210. The van der Waals surface area contributed by atoms with Crippen LogP contribution >= 0.6 is 11.8 Å². The van der Waals surface area contributed by atoms with E-state index in [1.165, 1.54) is 24.6 Å². The smallest absolute Gasteiger partial charge is 0.230 e. The number of carbonyl (C=O) groups is 1. The lowest BCUT2D eigenvalue weighted by molar-refractivity contribution is -0.261. The van der Waals surface area contributed by atoms with E-state index >= 15 is 0 Å². The number of hydrogen-bond donors (Lipinski definition) is 0. The zero-order valence-electron chi connectivity index (χ0n) is 9.52. The Hall–Kier alpha value is -0.800. The molecule has 3 heteroatoms. The molecule has 1 spiro atoms. The summed E-state index contributed by atoms with van der Waals surface area (Å²) in [5.41, 5.74) is 0.546. The van der Waals surface area contributed by atoms with E-state index in [-0.39, 0.29) is 5.12 Å². The Morgan fingerprint density at radius 3 is 2.94 bits per heavy atom. The molecule has 3 unspecified atom stereocenters. The highest BCUT2D eigenvalue weighted by Crippen LogP contribution is 2.60. The van der Waals surface area contributed by atoms with Crippen molar-refractivity contribution < 1.29 is 9.53 Å². The third-order valence-electron chi connectivity index (χ3n) is 4.36. The van der Waals surface area contributed by atoms with Gasteiger partial charge in [0, 0.05) is 16.4 Å². The van der Waals surface area contributed by atoms with E-state index in [0.717, 1.165) is 23.3 Å². The molecular weight excluding hydrogens is 232 g/mol. The van der Waals surface area contributed by atoms with Crippen molar-refractivity contribution in [3.8, 4) is 0 Å². The summed E-state index contributed by atoms with van der Waals surface area (Å²) in [6, 6.07) is 8.11. The lowest BCUT2D eigenvalue weighted by Crippen LogP contribution is -2.61. The molecule has 0 bridgehead atoms. The monoisotopic (exact) mass is 246 g/mol. The van der Waals surface area contributed by atoms with Crippen LogP contribution in [0, 0.1) is 5.92 Å². The third-order valence-corrected chi connectivity index (χ3v) is 5.42. The predicted octanol–water partition coefficient (Wildman–Crippen LogP) is 3.10. The number of hydrogen-bond acceptors (Lipinski definition) is 3. The van der Waals surface area contributed by atoms with Gasteiger partial charge in [0.25, 0.3) is 0 Å². The highest BCUT2D eigenvalue weighted by molar-refractivity contribution is 8.14. The SMILES string of the molecule is O=C1Sc2ccccc2C12OC1CCCCC12. The average Bonchev–Trinajstić information content (AvgIpc) is 2.62. The molecule has 2 fully saturated rings. The largest absolute Gasteiger partial charge is 0.357 e. The van der Waals surface area contributed by atoms with Crippen molar-refractivity contribution in [1.82, 2.24) is 0 Å². The average molecular weight is 246 g/mol. The molecule has 1 saturated heterocycles. The summed E-state index contributed by atoms with van der Waals surface area (Å²) >= 11 is 1.37. The molecule has 17 heavy (non-hydrogen) atoms. The fourth-order valence-electron chi connectivity index (χ4n) is 3.57. The Labute approximate surface area is 105 Å². The minimum Gasteiger partial charge on any atom is -0.357 e. The first-order valence-electron chi connectivity index (χ1n) is 6.32. The van der Waals surface area contributed by atoms with Crippen molar-refractivity contribution in [1.29, 1.82) is 0 Å². The molecule has 1 aromatic carbocycles. The highest BCUT2D eigenvalue weighted by atomic mass is 32.2. The molecule has 1 saturated carbocycles. The van der Waals surface area contributed by atoms with Gasteiger partial charge in [0.2, 0.25) is 5.12 Å². The van der Waals surface area contributed by atoms with E-state index in [2.05, 4.69) is 6.07 Å². The van der Waals surface area contributed by atoms with Crippen LogP contribution in [0.5, 0.6) is 0 Å². The maximum atomic E-state index is 12.3. The Balaban J connectivity index is 1.81. The van der Waals surface area contributed by atoms with Gasteiger partial charge in [-0.15, -0.1) is 0 Å². The molecule has 1 aromatic rings. The number of rotatable bonds is 0. The van der Waals surface area contributed by atoms with Gasteiger partial charge in [-0.3, -0.25) is 4.79 Å². The molecule has 1 aliphatic carbocycles. The van der Waals surface area contributed by atoms with E-state index in [9.17, 15) is 4.79 Å². The lowest BCUT2D eigenvalue weighted by atomic mass is 9.67. The summed E-state index contributed by atoms with van der Waals surface area (Å²) in [4.78, 5) is 13.4. The Kier molecular flexibility index (Phi) is 2.01. The number of thioether (sulfide) groups is 1. The number of benzene rings is 1. The van der Waals surface area contributed by atoms with Gasteiger partial charge in [-0.05, 0) is 30.7 Å². The van der Waals surface area contributed by atoms with Crippen LogP contribution < -0.4 is 0 Å². The summed E-state index contributed by atoms with van der Waals surface area (Å²) in [5.74, 6) is 0.430. The molecule has 0 amide bonds. The van der Waals surface area contributed by atoms with Crippen LogP contribution in [0.4, 0.5) is 0 Å². The molecule has 2 aliphatic heterocycles. The second-order valence-corrected chi connectivity index (χ2v) is 6.18. The number of carbonyl (C=O) groups excluding carboxylic acids is 1. The zero-order chi connectivity index (χ0) is 11.5. The minimum atomic E-state index is -0.577. The first-order valence-corrected chi connectivity index (χ1v) is 7.13. The van der Waals surface area contributed by atoms with Gasteiger partial charge in [-0.1, -0.05) is 31.0 Å². The standard InChI is InChI=1S/C14H14O2S/c15-13-14(9-5-1-3-7-11(9)16-14)10-6-2-4-8-12(10)17-13/h2,4,6,8-9,11H,1,3,5,7H2. The van der Waals surface area contributed by atoms with Gasteiger partial charge < -0.3 is 4.74 Å². The van der Waals surface area contributed by atoms with Crippen LogP contribution in [0.15, 0.2) is 29.2 Å². The van der Waals surface area contributed by atoms with Crippen LogP contribution in [0.3, 0.4) is 0 Å². The summed E-state index contributed by atoms with van der Waals surface area (Å²) in [6.45, 7) is 0. The summed E-state index contributed by atoms with van der Waals surface area (Å²) in [7, 11) is 0. The normalized spacial score (nSPS) is 38.7. The second kappa shape index (κ2) is 3.36. The predicted molar refractivity (Wildman–Crippen MR) is 65.8 cm³/mol. The second-order valence-electron chi connectivity index (χ2n) is 5.17. The Morgan fingerprint density at radius 2 is 2.06 bits per heavy atom. The van der Waals surface area contributed by atoms with Gasteiger partial charge >= 0.3 is 0 Å². The van der Waals surface area contributed by atoms with Crippen LogP contribution in [0.1, 0.15) is 31.2 Å². The molecule has 2 heterocycles. The molecule has 0 N–H and O–H groups in total. The van der Waals surface area contributed by atoms with Gasteiger partial charge in [0.15, 0.2) is 5.60 Å². The van der Waals surface area contributed by atoms with Crippen LogP contribution in [-0.2, 0) is 15.1 Å². The third kappa shape index (κ3) is 1.14. The van der Waals surface area contributed by atoms with Gasteiger partial charge in [0.1, 0.15) is 0 Å². The molecule has 88 valence electrons. The first-order chi connectivity index (χ1) is 8.32. The summed E-state index contributed by atoms with van der Waals surface area (Å²) < 4.78 is 6.06.